The number of nitrogens with one attached hydrogen (secondary N) is 1. The maximum absolute atomic E-state index is 15.3. The highest BCUT2D eigenvalue weighted by atomic mass is 79.9. The number of phenols is 1. The Bertz CT molecular complexity index is 2040. The first-order valence-electron chi connectivity index (χ1n) is 17.4. The molecule has 4 amide bonds. The van der Waals surface area contributed by atoms with Crippen molar-refractivity contribution in [3.8, 4) is 11.5 Å². The second kappa shape index (κ2) is 14.2. The monoisotopic (exact) mass is 807 g/mol. The van der Waals surface area contributed by atoms with E-state index >= 15 is 4.79 Å². The number of allylic oxidation sites excluding steroid dienone is 2. The van der Waals surface area contributed by atoms with Crippen LogP contribution in [0, 0.1) is 29.5 Å². The standard InChI is InChI=1S/C39H36BrClFN3O8/c1-53-30-18-20(17-29(40)34(30)48)33-25-14-15-26-32(37(51)44(35(26)49)16-4-2-3-5-31(46)47)27(25)19-28-36(50)45(43-24-12-10-23(42)11-13-24)38(52)39(28,33)21-6-8-22(41)9-7-21/h6-14,17-18,26-28,32-33,43,48H,2-5,15-16,19H2,1H3,(H,46,47). The summed E-state index contributed by atoms with van der Waals surface area (Å²) in [7, 11) is 1.40. The van der Waals surface area contributed by atoms with E-state index < -0.39 is 58.6 Å². The fourth-order valence-electron chi connectivity index (χ4n) is 8.95. The topological polar surface area (TPSA) is 154 Å². The molecule has 276 valence electrons. The molecule has 3 N–H and O–H groups in total. The highest BCUT2D eigenvalue weighted by molar-refractivity contribution is 9.10. The molecule has 14 heteroatoms. The predicted octanol–water partition coefficient (Wildman–Crippen LogP) is 6.59. The molecule has 0 bridgehead atoms. The number of likely N-dealkylation sites (tertiary alicyclic amines) is 1. The number of hydrazine groups is 1. The number of nitrogens with zero attached hydrogens (tertiary/aromatic N) is 2. The number of imide groups is 2. The van der Waals surface area contributed by atoms with E-state index in [-0.39, 0.29) is 53.6 Å². The molecule has 3 fully saturated rings. The number of unbranched alkanes of at least 4 members (excludes halogenated alkanes) is 2. The Morgan fingerprint density at radius 3 is 2.40 bits per heavy atom. The van der Waals surface area contributed by atoms with E-state index in [9.17, 15) is 28.7 Å². The number of carboxylic acids is 1. The largest absolute Gasteiger partial charge is 0.503 e. The summed E-state index contributed by atoms with van der Waals surface area (Å²) in [5, 5.41) is 21.2. The van der Waals surface area contributed by atoms with Crippen LogP contribution in [0.3, 0.4) is 0 Å². The number of hydrogen-bond donors (Lipinski definition) is 3. The fourth-order valence-corrected chi connectivity index (χ4v) is 9.54. The first-order chi connectivity index (χ1) is 25.4. The van der Waals surface area contributed by atoms with Crippen LogP contribution in [0.25, 0.3) is 0 Å². The second-order valence-corrected chi connectivity index (χ2v) is 15.3. The number of benzene rings is 3. The van der Waals surface area contributed by atoms with Crippen LogP contribution in [-0.2, 0) is 29.4 Å². The molecular formula is C39H36BrClFN3O8. The maximum atomic E-state index is 15.3. The number of carbonyl (C=O) groups excluding carboxylic acids is 4. The summed E-state index contributed by atoms with van der Waals surface area (Å²) in [6, 6.07) is 15.2. The third-order valence-corrected chi connectivity index (χ3v) is 12.1. The average molecular weight is 809 g/mol. The zero-order valence-corrected chi connectivity index (χ0v) is 30.9. The smallest absolute Gasteiger partial charge is 0.303 e. The van der Waals surface area contributed by atoms with Gasteiger partial charge >= 0.3 is 5.97 Å². The van der Waals surface area contributed by atoms with E-state index in [0.29, 0.717) is 46.7 Å². The van der Waals surface area contributed by atoms with Crippen LogP contribution in [0.2, 0.25) is 5.02 Å². The van der Waals surface area contributed by atoms with Gasteiger partial charge in [-0.2, -0.15) is 5.01 Å². The minimum atomic E-state index is -1.60. The normalized spacial score (nSPS) is 26.3. The van der Waals surface area contributed by atoms with Crippen LogP contribution in [-0.4, -0.2) is 63.4 Å². The lowest BCUT2D eigenvalue weighted by Crippen LogP contribution is -2.53. The van der Waals surface area contributed by atoms with Crippen molar-refractivity contribution in [1.29, 1.82) is 0 Å². The van der Waals surface area contributed by atoms with Crippen LogP contribution in [0.4, 0.5) is 10.1 Å². The van der Waals surface area contributed by atoms with Gasteiger partial charge in [-0.1, -0.05) is 41.8 Å². The van der Waals surface area contributed by atoms with Crippen molar-refractivity contribution in [2.45, 2.75) is 49.9 Å². The van der Waals surface area contributed by atoms with E-state index in [1.54, 1.807) is 36.4 Å². The van der Waals surface area contributed by atoms with E-state index in [2.05, 4.69) is 21.4 Å². The van der Waals surface area contributed by atoms with Crippen molar-refractivity contribution >= 4 is 62.8 Å². The number of methoxy groups -OCH3 is 1. The molecule has 0 radical (unpaired) electrons. The molecule has 6 unspecified atom stereocenters. The number of aliphatic carboxylic acids is 1. The van der Waals surface area contributed by atoms with Gasteiger partial charge in [-0.3, -0.25) is 34.3 Å². The quantitative estimate of drug-likeness (QED) is 0.111. The van der Waals surface area contributed by atoms with Crippen molar-refractivity contribution in [2.24, 2.45) is 23.7 Å². The number of carbonyl (C=O) groups is 5. The number of carboxylic acid groups (broad SMARTS) is 1. The lowest BCUT2D eigenvalue weighted by atomic mass is 9.49. The summed E-state index contributed by atoms with van der Waals surface area (Å²) in [5.74, 6) is -7.24. The van der Waals surface area contributed by atoms with Crippen molar-refractivity contribution in [1.82, 2.24) is 9.91 Å². The van der Waals surface area contributed by atoms with Gasteiger partial charge in [0.1, 0.15) is 5.82 Å². The van der Waals surface area contributed by atoms with E-state index in [1.807, 2.05) is 6.08 Å². The fraction of sp³-hybridized carbons (Fsp3) is 0.359. The molecule has 2 heterocycles. The second-order valence-electron chi connectivity index (χ2n) is 14.0. The van der Waals surface area contributed by atoms with E-state index in [4.69, 9.17) is 21.4 Å². The Hall–Kier alpha value is -4.75. The number of halogens is 3. The molecule has 4 aliphatic rings. The number of fused-ring (bicyclic) bond motifs is 4. The van der Waals surface area contributed by atoms with Gasteiger partial charge in [0.15, 0.2) is 11.5 Å². The summed E-state index contributed by atoms with van der Waals surface area (Å²) in [6.07, 6.45) is 3.63. The van der Waals surface area contributed by atoms with E-state index in [0.717, 1.165) is 5.01 Å². The molecule has 3 aromatic rings. The Balaban J connectivity index is 1.37. The van der Waals surface area contributed by atoms with Gasteiger partial charge in [0, 0.05) is 23.9 Å². The Morgan fingerprint density at radius 1 is 1.00 bits per heavy atom. The lowest BCUT2D eigenvalue weighted by molar-refractivity contribution is -0.141. The number of phenolic OH excluding ortho intramolecular Hbond substituents is 1. The van der Waals surface area contributed by atoms with Crippen LogP contribution in [0.5, 0.6) is 11.5 Å². The number of amides is 4. The molecular weight excluding hydrogens is 773 g/mol. The predicted molar refractivity (Wildman–Crippen MR) is 194 cm³/mol. The van der Waals surface area contributed by atoms with Gasteiger partial charge in [0.05, 0.1) is 40.4 Å². The van der Waals surface area contributed by atoms with Crippen molar-refractivity contribution < 1.29 is 43.3 Å². The molecule has 7 rings (SSSR count). The number of aromatic hydroxyl groups is 1. The van der Waals surface area contributed by atoms with Gasteiger partial charge in [-0.25, -0.2) is 4.39 Å². The summed E-state index contributed by atoms with van der Waals surface area (Å²) >= 11 is 9.79. The van der Waals surface area contributed by atoms with Crippen molar-refractivity contribution in [3.63, 3.8) is 0 Å². The van der Waals surface area contributed by atoms with Crippen molar-refractivity contribution in [2.75, 3.05) is 19.1 Å². The van der Waals surface area contributed by atoms with Crippen LogP contribution in [0.15, 0.2) is 76.8 Å². The third kappa shape index (κ3) is 6.07. The number of ether oxygens (including phenoxy) is 1. The van der Waals surface area contributed by atoms with Gasteiger partial charge in [-0.15, -0.1) is 0 Å². The lowest BCUT2D eigenvalue weighted by Gasteiger charge is -2.50. The minimum Gasteiger partial charge on any atom is -0.503 e. The summed E-state index contributed by atoms with van der Waals surface area (Å²) in [4.78, 5) is 70.4. The molecule has 0 spiro atoms. The molecule has 2 aliphatic heterocycles. The average Bonchev–Trinajstić information content (AvgIpc) is 3.50. The molecule has 2 aliphatic carbocycles. The first kappa shape index (κ1) is 36.6. The van der Waals surface area contributed by atoms with E-state index in [1.165, 1.54) is 36.3 Å². The van der Waals surface area contributed by atoms with Crippen LogP contribution >= 0.6 is 27.5 Å². The zero-order chi connectivity index (χ0) is 37.8. The molecule has 2 saturated heterocycles. The molecule has 53 heavy (non-hydrogen) atoms. The molecule has 0 aromatic heterocycles. The van der Waals surface area contributed by atoms with Crippen LogP contribution < -0.4 is 10.2 Å². The maximum Gasteiger partial charge on any atom is 0.303 e. The summed E-state index contributed by atoms with van der Waals surface area (Å²) in [5.41, 5.74) is 3.36. The highest BCUT2D eigenvalue weighted by Crippen LogP contribution is 2.64. The first-order valence-corrected chi connectivity index (χ1v) is 18.6. The Morgan fingerprint density at radius 2 is 1.72 bits per heavy atom. The summed E-state index contributed by atoms with van der Waals surface area (Å²) in [6.45, 7) is 0.156. The molecule has 3 aromatic carbocycles. The zero-order valence-electron chi connectivity index (χ0n) is 28.6. The SMILES string of the molecule is COc1cc(C2C3=CCC4C(=O)N(CCCCCC(=O)O)C(=O)C4C3CC3C(=O)N(Nc4ccc(F)cc4)C(=O)C32c2ccc(Cl)cc2)cc(Br)c1O. The van der Waals surface area contributed by atoms with Crippen molar-refractivity contribution in [3.05, 3.63) is 98.8 Å². The summed E-state index contributed by atoms with van der Waals surface area (Å²) < 4.78 is 19.7. The molecule has 6 atom stereocenters. The number of hydrogen-bond acceptors (Lipinski definition) is 8. The molecule has 1 saturated carbocycles. The number of rotatable bonds is 11. The van der Waals surface area contributed by atoms with Gasteiger partial charge in [0.25, 0.3) is 11.8 Å². The molecule has 11 nitrogen and oxygen atoms in total. The minimum absolute atomic E-state index is 0.00140. The third-order valence-electron chi connectivity index (χ3n) is 11.2. The highest BCUT2D eigenvalue weighted by Gasteiger charge is 2.70. The van der Waals surface area contributed by atoms with Gasteiger partial charge in [-0.05, 0) is 107 Å². The Labute approximate surface area is 317 Å². The Kier molecular flexibility index (Phi) is 9.83. The van der Waals surface area contributed by atoms with Gasteiger partial charge < -0.3 is 14.9 Å². The van der Waals surface area contributed by atoms with Gasteiger partial charge in [0.2, 0.25) is 11.8 Å². The number of anilines is 1. The van der Waals surface area contributed by atoms with Crippen LogP contribution in [0.1, 0.15) is 55.6 Å².